The molecule has 5 atom stereocenters. The highest BCUT2D eigenvalue weighted by Gasteiger charge is 2.51. The molecule has 0 bridgehead atoms. The number of rotatable bonds is 4. The molecule has 28 heavy (non-hydrogen) atoms. The van der Waals surface area contributed by atoms with E-state index in [-0.39, 0.29) is 40.9 Å². The molecule has 0 radical (unpaired) electrons. The van der Waals surface area contributed by atoms with Gasteiger partial charge >= 0.3 is 0 Å². The molecule has 3 N–H and O–H groups in total. The van der Waals surface area contributed by atoms with Crippen molar-refractivity contribution < 1.29 is 13.2 Å². The van der Waals surface area contributed by atoms with Crippen LogP contribution in [-0.4, -0.2) is 50.4 Å². The van der Waals surface area contributed by atoms with Crippen molar-refractivity contribution in [3.8, 4) is 6.07 Å². The number of nitriles is 1. The lowest BCUT2D eigenvalue weighted by molar-refractivity contribution is -0.128. The van der Waals surface area contributed by atoms with Crippen LogP contribution in [0.1, 0.15) is 25.7 Å². The lowest BCUT2D eigenvalue weighted by Gasteiger charge is -2.35. The molecule has 4 rings (SSSR count). The Kier molecular flexibility index (Phi) is 5.04. The standard InChI is InChI=1S/C19H25N5O3S/c1-28(26,27)14-7-5-13(6-8-14)22-18-17-16(9-10-21-19(17)25)24(23-18)15-4-2-3-12(15)11-20/h5-8,12,15-18,22-23H,2-4,9-10H2,1H3,(H,21,25)/t12-,15+,16?,17?,18?/m1/s1. The van der Waals surface area contributed by atoms with E-state index in [9.17, 15) is 18.5 Å². The second-order valence-corrected chi connectivity index (χ2v) is 9.88. The van der Waals surface area contributed by atoms with Gasteiger partial charge in [-0.15, -0.1) is 0 Å². The topological polar surface area (TPSA) is 114 Å². The molecule has 3 fully saturated rings. The van der Waals surface area contributed by atoms with Gasteiger partial charge in [0.25, 0.3) is 0 Å². The number of piperidine rings is 1. The van der Waals surface area contributed by atoms with Gasteiger partial charge in [0.1, 0.15) is 6.17 Å². The number of nitrogens with zero attached hydrogens (tertiary/aromatic N) is 2. The number of fused-ring (bicyclic) bond motifs is 1. The first-order chi connectivity index (χ1) is 13.4. The quantitative estimate of drug-likeness (QED) is 0.683. The summed E-state index contributed by atoms with van der Waals surface area (Å²) in [6.45, 7) is 0.637. The normalized spacial score (nSPS) is 33.1. The van der Waals surface area contributed by atoms with Crippen LogP contribution in [0.2, 0.25) is 0 Å². The van der Waals surface area contributed by atoms with E-state index in [0.717, 1.165) is 31.4 Å². The van der Waals surface area contributed by atoms with E-state index in [1.165, 1.54) is 6.26 Å². The molecule has 2 heterocycles. The molecule has 2 aliphatic heterocycles. The maximum atomic E-state index is 12.6. The van der Waals surface area contributed by atoms with E-state index in [1.54, 1.807) is 24.3 Å². The zero-order valence-corrected chi connectivity index (χ0v) is 16.6. The molecule has 3 aliphatic rings. The Labute approximate surface area is 165 Å². The molecule has 1 aliphatic carbocycles. The Balaban J connectivity index is 1.56. The summed E-state index contributed by atoms with van der Waals surface area (Å²) in [5, 5.41) is 17.9. The Bertz CT molecular complexity index is 895. The number of hydrogen-bond donors (Lipinski definition) is 3. The van der Waals surface area contributed by atoms with E-state index in [1.807, 2.05) is 0 Å². The van der Waals surface area contributed by atoms with Crippen LogP contribution >= 0.6 is 0 Å². The van der Waals surface area contributed by atoms with E-state index in [2.05, 4.69) is 27.1 Å². The van der Waals surface area contributed by atoms with Gasteiger partial charge in [-0.25, -0.2) is 18.9 Å². The number of nitrogens with one attached hydrogen (secondary N) is 3. The maximum absolute atomic E-state index is 12.6. The van der Waals surface area contributed by atoms with Gasteiger partial charge in [0.15, 0.2) is 9.84 Å². The monoisotopic (exact) mass is 403 g/mol. The number of anilines is 1. The minimum absolute atomic E-state index is 0.00279. The summed E-state index contributed by atoms with van der Waals surface area (Å²) in [4.78, 5) is 12.9. The lowest BCUT2D eigenvalue weighted by Crippen LogP contribution is -2.52. The molecular weight excluding hydrogens is 378 g/mol. The van der Waals surface area contributed by atoms with Crippen molar-refractivity contribution in [1.82, 2.24) is 15.8 Å². The second kappa shape index (κ2) is 7.35. The molecule has 1 aromatic carbocycles. The first-order valence-corrected chi connectivity index (χ1v) is 11.6. The highest BCUT2D eigenvalue weighted by atomic mass is 32.2. The van der Waals surface area contributed by atoms with Crippen molar-refractivity contribution in [2.45, 2.75) is 48.8 Å². The van der Waals surface area contributed by atoms with Gasteiger partial charge in [-0.05, 0) is 43.5 Å². The van der Waals surface area contributed by atoms with Gasteiger partial charge in [-0.3, -0.25) is 4.79 Å². The predicted octanol–water partition coefficient (Wildman–Crippen LogP) is 0.845. The van der Waals surface area contributed by atoms with Gasteiger partial charge in [0.2, 0.25) is 5.91 Å². The van der Waals surface area contributed by atoms with Crippen molar-refractivity contribution in [2.24, 2.45) is 11.8 Å². The van der Waals surface area contributed by atoms with E-state index in [4.69, 9.17) is 0 Å². The summed E-state index contributed by atoms with van der Waals surface area (Å²) in [5.41, 5.74) is 4.20. The van der Waals surface area contributed by atoms with E-state index in [0.29, 0.717) is 6.54 Å². The Hall–Kier alpha value is -2.15. The summed E-state index contributed by atoms with van der Waals surface area (Å²) >= 11 is 0. The number of carbonyl (C=O) groups excluding carboxylic acids is 1. The van der Waals surface area contributed by atoms with Crippen molar-refractivity contribution in [1.29, 1.82) is 5.26 Å². The fraction of sp³-hybridized carbons (Fsp3) is 0.579. The van der Waals surface area contributed by atoms with E-state index >= 15 is 0 Å². The third-order valence-electron chi connectivity index (χ3n) is 6.07. The largest absolute Gasteiger partial charge is 0.368 e. The zero-order chi connectivity index (χ0) is 19.9. The van der Waals surface area contributed by atoms with Crippen molar-refractivity contribution in [3.63, 3.8) is 0 Å². The number of hydrogen-bond acceptors (Lipinski definition) is 7. The Morgan fingerprint density at radius 2 is 1.93 bits per heavy atom. The van der Waals surface area contributed by atoms with Crippen LogP contribution in [0.25, 0.3) is 0 Å². The molecular formula is C19H25N5O3S. The molecule has 3 unspecified atom stereocenters. The molecule has 9 heteroatoms. The Morgan fingerprint density at radius 3 is 2.61 bits per heavy atom. The van der Waals surface area contributed by atoms with Crippen LogP contribution in [0.3, 0.4) is 0 Å². The fourth-order valence-electron chi connectivity index (χ4n) is 4.70. The number of carbonyl (C=O) groups is 1. The zero-order valence-electron chi connectivity index (χ0n) is 15.8. The highest BCUT2D eigenvalue weighted by Crippen LogP contribution is 2.37. The molecule has 1 amide bonds. The molecule has 0 aromatic heterocycles. The number of hydrazine groups is 1. The van der Waals surface area contributed by atoms with Gasteiger partial charge in [-0.1, -0.05) is 6.42 Å². The van der Waals surface area contributed by atoms with Gasteiger partial charge < -0.3 is 10.6 Å². The number of amides is 1. The van der Waals surface area contributed by atoms with Crippen LogP contribution < -0.4 is 16.1 Å². The van der Waals surface area contributed by atoms with Gasteiger partial charge in [-0.2, -0.15) is 5.26 Å². The number of sulfone groups is 1. The average Bonchev–Trinajstić information content (AvgIpc) is 3.26. The predicted molar refractivity (Wildman–Crippen MR) is 104 cm³/mol. The van der Waals surface area contributed by atoms with Crippen molar-refractivity contribution in [2.75, 3.05) is 18.1 Å². The summed E-state index contributed by atoms with van der Waals surface area (Å²) in [5.74, 6) is -0.294. The van der Waals surface area contributed by atoms with Crippen LogP contribution in [-0.2, 0) is 14.6 Å². The average molecular weight is 404 g/mol. The molecule has 150 valence electrons. The minimum Gasteiger partial charge on any atom is -0.368 e. The van der Waals surface area contributed by atoms with Crippen molar-refractivity contribution in [3.05, 3.63) is 24.3 Å². The van der Waals surface area contributed by atoms with Gasteiger partial charge in [0, 0.05) is 30.6 Å². The third-order valence-corrected chi connectivity index (χ3v) is 7.20. The Morgan fingerprint density at radius 1 is 1.18 bits per heavy atom. The number of benzene rings is 1. The van der Waals surface area contributed by atoms with Gasteiger partial charge in [0.05, 0.1) is 22.8 Å². The third kappa shape index (κ3) is 3.48. The van der Waals surface area contributed by atoms with Crippen LogP contribution in [0.5, 0.6) is 0 Å². The highest BCUT2D eigenvalue weighted by molar-refractivity contribution is 7.90. The van der Waals surface area contributed by atoms with Crippen LogP contribution in [0.15, 0.2) is 29.2 Å². The summed E-state index contributed by atoms with van der Waals surface area (Å²) in [6.07, 6.45) is 4.57. The molecule has 2 saturated heterocycles. The summed E-state index contributed by atoms with van der Waals surface area (Å²) in [7, 11) is -3.25. The SMILES string of the molecule is CS(=O)(=O)c1ccc(NC2NN([C@H]3CCC[C@@H]3C#N)C3CCNC(=O)C23)cc1. The second-order valence-electron chi connectivity index (χ2n) is 7.86. The van der Waals surface area contributed by atoms with Crippen LogP contribution in [0.4, 0.5) is 5.69 Å². The summed E-state index contributed by atoms with van der Waals surface area (Å²) < 4.78 is 23.3. The molecule has 1 aromatic rings. The smallest absolute Gasteiger partial charge is 0.228 e. The maximum Gasteiger partial charge on any atom is 0.228 e. The van der Waals surface area contributed by atoms with Crippen molar-refractivity contribution >= 4 is 21.4 Å². The molecule has 1 saturated carbocycles. The lowest BCUT2D eigenvalue weighted by atomic mass is 9.90. The molecule has 8 nitrogen and oxygen atoms in total. The van der Waals surface area contributed by atoms with Crippen LogP contribution in [0, 0.1) is 23.2 Å². The summed E-state index contributed by atoms with van der Waals surface area (Å²) in [6, 6.07) is 9.13. The first-order valence-electron chi connectivity index (χ1n) is 9.67. The fourth-order valence-corrected chi connectivity index (χ4v) is 5.33. The minimum atomic E-state index is -3.25. The van der Waals surface area contributed by atoms with E-state index < -0.39 is 9.84 Å². The first kappa shape index (κ1) is 19.2. The molecule has 0 spiro atoms.